The molecule has 2 aromatic rings. The van der Waals surface area contributed by atoms with E-state index in [1.54, 1.807) is 24.9 Å². The Kier molecular flexibility index (Phi) is 4.58. The number of halogens is 3. The molecule has 7 heteroatoms. The summed E-state index contributed by atoms with van der Waals surface area (Å²) in [4.78, 5) is 16.9. The number of aromatic nitrogens is 1. The highest BCUT2D eigenvalue weighted by Gasteiger charge is 2.29. The van der Waals surface area contributed by atoms with Crippen LogP contribution in [0.1, 0.15) is 27.2 Å². The number of nitrogens with zero attached hydrogens (tertiary/aromatic N) is 2. The van der Waals surface area contributed by atoms with Gasteiger partial charge in [0.05, 0.1) is 16.8 Å². The van der Waals surface area contributed by atoms with E-state index in [1.807, 2.05) is 0 Å². The first-order chi connectivity index (χ1) is 10.7. The number of pyridine rings is 1. The zero-order chi connectivity index (χ0) is 17.2. The number of rotatable bonds is 4. The number of alkyl halides is 3. The standard InChI is InChI=1S/C16H15F3N2O2/c1-10-13(15(22)23)7-8-14(20-10)21(2)9-11-3-5-12(6-4-11)16(17,18)19/h3-8H,9H2,1-2H3,(H,22,23). The zero-order valence-corrected chi connectivity index (χ0v) is 12.6. The highest BCUT2D eigenvalue weighted by atomic mass is 19.4. The lowest BCUT2D eigenvalue weighted by atomic mass is 10.1. The number of carbonyl (C=O) groups is 1. The van der Waals surface area contributed by atoms with Gasteiger partial charge in [0.2, 0.25) is 0 Å². The number of benzene rings is 1. The third kappa shape index (κ3) is 4.00. The monoisotopic (exact) mass is 324 g/mol. The molecular weight excluding hydrogens is 309 g/mol. The van der Waals surface area contributed by atoms with E-state index < -0.39 is 17.7 Å². The van der Waals surface area contributed by atoms with Crippen molar-refractivity contribution in [3.8, 4) is 0 Å². The minimum absolute atomic E-state index is 0.122. The molecule has 1 heterocycles. The summed E-state index contributed by atoms with van der Waals surface area (Å²) in [5.41, 5.74) is 0.511. The van der Waals surface area contributed by atoms with Gasteiger partial charge in [-0.1, -0.05) is 12.1 Å². The maximum atomic E-state index is 12.5. The Morgan fingerprint density at radius 2 is 1.78 bits per heavy atom. The van der Waals surface area contributed by atoms with Crippen LogP contribution in [0.5, 0.6) is 0 Å². The average molecular weight is 324 g/mol. The number of hydrogen-bond acceptors (Lipinski definition) is 3. The third-order valence-electron chi connectivity index (χ3n) is 3.39. The van der Waals surface area contributed by atoms with E-state index in [4.69, 9.17) is 5.11 Å². The summed E-state index contributed by atoms with van der Waals surface area (Å²) < 4.78 is 37.6. The van der Waals surface area contributed by atoms with Crippen LogP contribution in [-0.2, 0) is 12.7 Å². The Bertz CT molecular complexity index is 712. The van der Waals surface area contributed by atoms with Crippen LogP contribution in [0.3, 0.4) is 0 Å². The van der Waals surface area contributed by atoms with E-state index in [1.165, 1.54) is 18.2 Å². The number of aromatic carboxylic acids is 1. The molecule has 1 aromatic heterocycles. The van der Waals surface area contributed by atoms with E-state index in [9.17, 15) is 18.0 Å². The van der Waals surface area contributed by atoms with Crippen molar-refractivity contribution in [2.45, 2.75) is 19.6 Å². The number of carboxylic acids is 1. The molecule has 0 atom stereocenters. The maximum absolute atomic E-state index is 12.5. The molecule has 0 unspecified atom stereocenters. The van der Waals surface area contributed by atoms with Crippen LogP contribution in [0.15, 0.2) is 36.4 Å². The summed E-state index contributed by atoms with van der Waals surface area (Å²) in [7, 11) is 1.74. The molecule has 0 radical (unpaired) electrons. The van der Waals surface area contributed by atoms with E-state index in [0.717, 1.165) is 12.1 Å². The van der Waals surface area contributed by atoms with Crippen molar-refractivity contribution in [1.82, 2.24) is 4.98 Å². The van der Waals surface area contributed by atoms with Crippen molar-refractivity contribution in [3.05, 3.63) is 58.8 Å². The van der Waals surface area contributed by atoms with Crippen molar-refractivity contribution in [1.29, 1.82) is 0 Å². The van der Waals surface area contributed by atoms with E-state index in [2.05, 4.69) is 4.98 Å². The second-order valence-electron chi connectivity index (χ2n) is 5.16. The predicted molar refractivity (Wildman–Crippen MR) is 79.5 cm³/mol. The van der Waals surface area contributed by atoms with Crippen LogP contribution >= 0.6 is 0 Å². The van der Waals surface area contributed by atoms with Crippen LogP contribution < -0.4 is 4.90 Å². The molecule has 1 N–H and O–H groups in total. The molecule has 0 bridgehead atoms. The Morgan fingerprint density at radius 1 is 1.17 bits per heavy atom. The molecule has 0 aliphatic heterocycles. The first-order valence-electron chi connectivity index (χ1n) is 6.76. The van der Waals surface area contributed by atoms with Crippen LogP contribution in [0.4, 0.5) is 19.0 Å². The lowest BCUT2D eigenvalue weighted by Crippen LogP contribution is -2.18. The molecule has 4 nitrogen and oxygen atoms in total. The van der Waals surface area contributed by atoms with Crippen LogP contribution in [-0.4, -0.2) is 23.1 Å². The average Bonchev–Trinajstić information content (AvgIpc) is 2.46. The first kappa shape index (κ1) is 16.8. The third-order valence-corrected chi connectivity index (χ3v) is 3.39. The van der Waals surface area contributed by atoms with E-state index in [-0.39, 0.29) is 5.56 Å². The van der Waals surface area contributed by atoms with Gasteiger partial charge in [0.25, 0.3) is 0 Å². The SMILES string of the molecule is Cc1nc(N(C)Cc2ccc(C(F)(F)F)cc2)ccc1C(=O)O. The van der Waals surface area contributed by atoms with Gasteiger partial charge in [-0.25, -0.2) is 9.78 Å². The Morgan fingerprint density at radius 3 is 2.26 bits per heavy atom. The summed E-state index contributed by atoms with van der Waals surface area (Å²) >= 11 is 0. The summed E-state index contributed by atoms with van der Waals surface area (Å²) in [6.45, 7) is 1.95. The molecule has 23 heavy (non-hydrogen) atoms. The highest BCUT2D eigenvalue weighted by Crippen LogP contribution is 2.29. The lowest BCUT2D eigenvalue weighted by molar-refractivity contribution is -0.137. The summed E-state index contributed by atoms with van der Waals surface area (Å²) in [6.07, 6.45) is -4.35. The minimum atomic E-state index is -4.35. The molecule has 0 saturated heterocycles. The second kappa shape index (κ2) is 6.28. The molecule has 0 spiro atoms. The zero-order valence-electron chi connectivity index (χ0n) is 12.6. The van der Waals surface area contributed by atoms with E-state index >= 15 is 0 Å². The molecule has 122 valence electrons. The highest BCUT2D eigenvalue weighted by molar-refractivity contribution is 5.89. The van der Waals surface area contributed by atoms with Crippen LogP contribution in [0.2, 0.25) is 0 Å². The van der Waals surface area contributed by atoms with Gasteiger partial charge in [0.15, 0.2) is 0 Å². The quantitative estimate of drug-likeness (QED) is 0.931. The first-order valence-corrected chi connectivity index (χ1v) is 6.76. The second-order valence-corrected chi connectivity index (χ2v) is 5.16. The lowest BCUT2D eigenvalue weighted by Gasteiger charge is -2.19. The van der Waals surface area contributed by atoms with Crippen LogP contribution in [0.25, 0.3) is 0 Å². The fourth-order valence-electron chi connectivity index (χ4n) is 2.14. The smallest absolute Gasteiger partial charge is 0.416 e. The van der Waals surface area contributed by atoms with Gasteiger partial charge in [0.1, 0.15) is 5.82 Å². The molecule has 0 saturated carbocycles. The Labute approximate surface area is 131 Å². The van der Waals surface area contributed by atoms with Crippen molar-refractivity contribution in [3.63, 3.8) is 0 Å². The van der Waals surface area contributed by atoms with Gasteiger partial charge in [-0.15, -0.1) is 0 Å². The summed E-state index contributed by atoms with van der Waals surface area (Å²) in [5.74, 6) is -0.501. The summed E-state index contributed by atoms with van der Waals surface area (Å²) in [6, 6.07) is 7.93. The Hall–Kier alpha value is -2.57. The molecular formula is C16H15F3N2O2. The van der Waals surface area contributed by atoms with Crippen molar-refractivity contribution < 1.29 is 23.1 Å². The number of hydrogen-bond donors (Lipinski definition) is 1. The summed E-state index contributed by atoms with van der Waals surface area (Å²) in [5, 5.41) is 8.98. The van der Waals surface area contributed by atoms with Gasteiger partial charge in [-0.05, 0) is 36.8 Å². The maximum Gasteiger partial charge on any atom is 0.416 e. The molecule has 0 fully saturated rings. The topological polar surface area (TPSA) is 53.4 Å². The molecule has 0 aliphatic rings. The molecule has 0 aliphatic carbocycles. The van der Waals surface area contributed by atoms with Gasteiger partial charge >= 0.3 is 12.1 Å². The minimum Gasteiger partial charge on any atom is -0.478 e. The van der Waals surface area contributed by atoms with Gasteiger partial charge in [-0.3, -0.25) is 0 Å². The number of carboxylic acid groups (broad SMARTS) is 1. The Balaban J connectivity index is 2.14. The van der Waals surface area contributed by atoms with Gasteiger partial charge < -0.3 is 10.0 Å². The number of anilines is 1. The molecule has 0 amide bonds. The van der Waals surface area contributed by atoms with Gasteiger partial charge in [0, 0.05) is 13.6 Å². The number of aryl methyl sites for hydroxylation is 1. The largest absolute Gasteiger partial charge is 0.478 e. The fourth-order valence-corrected chi connectivity index (χ4v) is 2.14. The van der Waals surface area contributed by atoms with Crippen molar-refractivity contribution in [2.75, 3.05) is 11.9 Å². The molecule has 2 rings (SSSR count). The van der Waals surface area contributed by atoms with Gasteiger partial charge in [-0.2, -0.15) is 13.2 Å². The van der Waals surface area contributed by atoms with Crippen molar-refractivity contribution in [2.24, 2.45) is 0 Å². The van der Waals surface area contributed by atoms with Crippen LogP contribution in [0, 0.1) is 6.92 Å². The predicted octanol–water partition coefficient (Wildman–Crippen LogP) is 3.74. The normalized spacial score (nSPS) is 11.3. The van der Waals surface area contributed by atoms with E-state index in [0.29, 0.717) is 23.6 Å². The van der Waals surface area contributed by atoms with Crippen molar-refractivity contribution >= 4 is 11.8 Å². The fraction of sp³-hybridized carbons (Fsp3) is 0.250. The molecule has 1 aromatic carbocycles.